The smallest absolute Gasteiger partial charge is 0.224 e. The Kier molecular flexibility index (Phi) is 4.93. The number of carbonyl (C=O) groups excluding carboxylic acids is 1. The van der Waals surface area contributed by atoms with Crippen LogP contribution in [0.3, 0.4) is 0 Å². The van der Waals surface area contributed by atoms with Gasteiger partial charge < -0.3 is 15.1 Å². The third-order valence-corrected chi connectivity index (χ3v) is 4.88. The average molecular weight is 335 g/mol. The van der Waals surface area contributed by atoms with Gasteiger partial charge >= 0.3 is 0 Å². The average Bonchev–Trinajstić information content (AvgIpc) is 3.13. The second kappa shape index (κ2) is 6.93. The van der Waals surface area contributed by atoms with E-state index in [9.17, 15) is 4.79 Å². The van der Waals surface area contributed by atoms with Crippen molar-refractivity contribution in [3.8, 4) is 0 Å². The van der Waals surface area contributed by atoms with E-state index in [0.717, 1.165) is 55.3 Å². The van der Waals surface area contributed by atoms with Crippen molar-refractivity contribution in [3.05, 3.63) is 35.1 Å². The Hall–Kier alpha value is -1.52. The highest BCUT2D eigenvalue weighted by Gasteiger charge is 2.19. The number of amides is 1. The van der Waals surface area contributed by atoms with Crippen molar-refractivity contribution in [2.75, 3.05) is 13.1 Å². The Balaban J connectivity index is 0.00000156. The molecule has 23 heavy (non-hydrogen) atoms. The predicted molar refractivity (Wildman–Crippen MR) is 93.2 cm³/mol. The van der Waals surface area contributed by atoms with Crippen LogP contribution in [0.1, 0.15) is 36.0 Å². The largest absolute Gasteiger partial charge is 0.464 e. The first-order valence-electron chi connectivity index (χ1n) is 8.31. The SMILES string of the molecule is Cl.O=C(Cc1coc2cc3c(cc12)CCC3)NC1CCCNC1. The highest BCUT2D eigenvalue weighted by Crippen LogP contribution is 2.30. The fraction of sp³-hybridized carbons (Fsp3) is 0.500. The quantitative estimate of drug-likeness (QED) is 0.907. The molecule has 0 spiro atoms. The molecule has 2 aromatic rings. The number of fused-ring (bicyclic) bond motifs is 2. The highest BCUT2D eigenvalue weighted by molar-refractivity contribution is 5.88. The lowest BCUT2D eigenvalue weighted by Gasteiger charge is -2.23. The van der Waals surface area contributed by atoms with E-state index in [4.69, 9.17) is 4.42 Å². The second-order valence-electron chi connectivity index (χ2n) is 6.52. The van der Waals surface area contributed by atoms with Gasteiger partial charge in [0, 0.05) is 23.5 Å². The molecule has 1 fully saturated rings. The summed E-state index contributed by atoms with van der Waals surface area (Å²) in [5.41, 5.74) is 4.76. The van der Waals surface area contributed by atoms with Crippen LogP contribution in [0.4, 0.5) is 0 Å². The van der Waals surface area contributed by atoms with Gasteiger partial charge in [0.1, 0.15) is 5.58 Å². The van der Waals surface area contributed by atoms with E-state index in [1.807, 2.05) is 0 Å². The van der Waals surface area contributed by atoms with Gasteiger partial charge in [0.25, 0.3) is 0 Å². The topological polar surface area (TPSA) is 54.3 Å². The molecule has 2 aliphatic rings. The van der Waals surface area contributed by atoms with Crippen molar-refractivity contribution >= 4 is 29.3 Å². The first-order chi connectivity index (χ1) is 10.8. The number of carbonyl (C=O) groups is 1. The number of hydrogen-bond donors (Lipinski definition) is 2. The molecule has 1 amide bonds. The number of furan rings is 1. The molecule has 1 atom stereocenters. The minimum atomic E-state index is 0. The van der Waals surface area contributed by atoms with Crippen molar-refractivity contribution in [1.82, 2.24) is 10.6 Å². The maximum atomic E-state index is 12.3. The third kappa shape index (κ3) is 3.38. The van der Waals surface area contributed by atoms with Crippen LogP contribution in [-0.4, -0.2) is 25.0 Å². The Morgan fingerprint density at radius 2 is 2.09 bits per heavy atom. The van der Waals surface area contributed by atoms with Gasteiger partial charge in [-0.15, -0.1) is 12.4 Å². The van der Waals surface area contributed by atoms with Crippen molar-refractivity contribution in [2.24, 2.45) is 0 Å². The summed E-state index contributed by atoms with van der Waals surface area (Å²) in [5, 5.41) is 7.56. The van der Waals surface area contributed by atoms with Crippen LogP contribution in [0.2, 0.25) is 0 Å². The molecular formula is C18H23ClN2O2. The zero-order chi connectivity index (χ0) is 14.9. The van der Waals surface area contributed by atoms with Gasteiger partial charge in [0.15, 0.2) is 0 Å². The molecular weight excluding hydrogens is 312 g/mol. The first kappa shape index (κ1) is 16.3. The summed E-state index contributed by atoms with van der Waals surface area (Å²) >= 11 is 0. The first-order valence-corrected chi connectivity index (χ1v) is 8.31. The Bertz CT molecular complexity index is 704. The van der Waals surface area contributed by atoms with E-state index in [2.05, 4.69) is 22.8 Å². The molecule has 1 aromatic heterocycles. The van der Waals surface area contributed by atoms with Crippen LogP contribution in [0.25, 0.3) is 11.0 Å². The second-order valence-corrected chi connectivity index (χ2v) is 6.52. The van der Waals surface area contributed by atoms with Gasteiger partial charge in [-0.1, -0.05) is 0 Å². The summed E-state index contributed by atoms with van der Waals surface area (Å²) in [7, 11) is 0. The van der Waals surface area contributed by atoms with Crippen LogP contribution >= 0.6 is 12.4 Å². The van der Waals surface area contributed by atoms with E-state index in [1.54, 1.807) is 6.26 Å². The van der Waals surface area contributed by atoms with Crippen LogP contribution in [0.5, 0.6) is 0 Å². The maximum absolute atomic E-state index is 12.3. The van der Waals surface area contributed by atoms with Gasteiger partial charge in [-0.05, 0) is 61.9 Å². The van der Waals surface area contributed by atoms with Gasteiger partial charge in [-0.2, -0.15) is 0 Å². The number of benzene rings is 1. The molecule has 0 bridgehead atoms. The van der Waals surface area contributed by atoms with Crippen molar-refractivity contribution in [2.45, 2.75) is 44.6 Å². The van der Waals surface area contributed by atoms with E-state index >= 15 is 0 Å². The predicted octanol–water partition coefficient (Wildman–Crippen LogP) is 2.75. The summed E-state index contributed by atoms with van der Waals surface area (Å²) in [6.07, 6.45) is 7.88. The van der Waals surface area contributed by atoms with Gasteiger partial charge in [0.05, 0.1) is 12.7 Å². The third-order valence-electron chi connectivity index (χ3n) is 4.88. The normalized spacial score (nSPS) is 20.1. The summed E-state index contributed by atoms with van der Waals surface area (Å²) < 4.78 is 5.67. The molecule has 2 heterocycles. The number of piperidine rings is 1. The lowest BCUT2D eigenvalue weighted by atomic mass is 10.0. The summed E-state index contributed by atoms with van der Waals surface area (Å²) in [6.45, 7) is 1.94. The summed E-state index contributed by atoms with van der Waals surface area (Å²) in [5.74, 6) is 0.0944. The molecule has 4 nitrogen and oxygen atoms in total. The van der Waals surface area contributed by atoms with E-state index in [-0.39, 0.29) is 24.4 Å². The summed E-state index contributed by atoms with van der Waals surface area (Å²) in [4.78, 5) is 12.3. The Morgan fingerprint density at radius 3 is 2.87 bits per heavy atom. The molecule has 1 saturated heterocycles. The molecule has 5 heteroatoms. The lowest BCUT2D eigenvalue weighted by Crippen LogP contribution is -2.46. The molecule has 0 radical (unpaired) electrons. The fourth-order valence-corrected chi connectivity index (χ4v) is 3.71. The van der Waals surface area contributed by atoms with E-state index in [0.29, 0.717) is 6.42 Å². The zero-order valence-electron chi connectivity index (χ0n) is 13.2. The highest BCUT2D eigenvalue weighted by atomic mass is 35.5. The summed E-state index contributed by atoms with van der Waals surface area (Å²) in [6, 6.07) is 4.65. The minimum absolute atomic E-state index is 0. The number of rotatable bonds is 3. The van der Waals surface area contributed by atoms with Crippen molar-refractivity contribution in [1.29, 1.82) is 0 Å². The molecule has 1 unspecified atom stereocenters. The number of nitrogens with one attached hydrogen (secondary N) is 2. The molecule has 1 aromatic carbocycles. The van der Waals surface area contributed by atoms with Crippen molar-refractivity contribution < 1.29 is 9.21 Å². The van der Waals surface area contributed by atoms with Gasteiger partial charge in [0.2, 0.25) is 5.91 Å². The molecule has 2 N–H and O–H groups in total. The van der Waals surface area contributed by atoms with Gasteiger partial charge in [-0.3, -0.25) is 4.79 Å². The molecule has 124 valence electrons. The molecule has 1 aliphatic carbocycles. The monoisotopic (exact) mass is 334 g/mol. The lowest BCUT2D eigenvalue weighted by molar-refractivity contribution is -0.121. The molecule has 1 aliphatic heterocycles. The Morgan fingerprint density at radius 1 is 1.26 bits per heavy atom. The molecule has 0 saturated carbocycles. The standard InChI is InChI=1S/C18H22N2O2.ClH/c21-18(20-15-5-2-6-19-10-15)9-14-11-22-17-8-13-4-1-3-12(13)7-16(14)17;/h7-8,11,15,19H,1-6,9-10H2,(H,20,21);1H. The van der Waals surface area contributed by atoms with Crippen molar-refractivity contribution in [3.63, 3.8) is 0 Å². The number of aryl methyl sites for hydroxylation is 2. The van der Waals surface area contributed by atoms with Crippen LogP contribution in [0, 0.1) is 0 Å². The van der Waals surface area contributed by atoms with Gasteiger partial charge in [-0.25, -0.2) is 0 Å². The van der Waals surface area contributed by atoms with E-state index < -0.39 is 0 Å². The van der Waals surface area contributed by atoms with Crippen LogP contribution < -0.4 is 10.6 Å². The minimum Gasteiger partial charge on any atom is -0.464 e. The maximum Gasteiger partial charge on any atom is 0.224 e. The van der Waals surface area contributed by atoms with Crippen LogP contribution in [0.15, 0.2) is 22.8 Å². The Labute approximate surface area is 142 Å². The van der Waals surface area contributed by atoms with E-state index in [1.165, 1.54) is 17.5 Å². The fourth-order valence-electron chi connectivity index (χ4n) is 3.71. The molecule has 4 rings (SSSR count). The zero-order valence-corrected chi connectivity index (χ0v) is 14.0. The number of hydrogen-bond acceptors (Lipinski definition) is 3. The van der Waals surface area contributed by atoms with Crippen LogP contribution in [-0.2, 0) is 24.1 Å². The number of halogens is 1.